The molecule has 4 aliphatic carbocycles. The van der Waals surface area contributed by atoms with Crippen molar-refractivity contribution in [2.75, 3.05) is 0 Å². The molecule has 0 spiro atoms. The average molecular weight is 377 g/mol. The van der Waals surface area contributed by atoms with E-state index in [0.29, 0.717) is 5.92 Å². The first-order chi connectivity index (χ1) is 14.3. The highest BCUT2D eigenvalue weighted by Crippen LogP contribution is 2.49. The van der Waals surface area contributed by atoms with Gasteiger partial charge in [-0.15, -0.1) is 0 Å². The Morgan fingerprint density at radius 2 is 1.52 bits per heavy atom. The van der Waals surface area contributed by atoms with Crippen molar-refractivity contribution in [3.8, 4) is 11.1 Å². The number of allylic oxidation sites excluding steroid dienone is 8. The van der Waals surface area contributed by atoms with E-state index >= 15 is 0 Å². The molecule has 0 fully saturated rings. The van der Waals surface area contributed by atoms with Crippen molar-refractivity contribution in [3.63, 3.8) is 0 Å². The van der Waals surface area contributed by atoms with E-state index in [4.69, 9.17) is 0 Å². The molecule has 0 amide bonds. The van der Waals surface area contributed by atoms with Crippen molar-refractivity contribution in [2.24, 2.45) is 0 Å². The van der Waals surface area contributed by atoms with Crippen molar-refractivity contribution in [3.05, 3.63) is 105 Å². The maximum absolute atomic E-state index is 2.56. The molecule has 0 heteroatoms. The van der Waals surface area contributed by atoms with E-state index in [1.165, 1.54) is 72.8 Å². The second kappa shape index (κ2) is 6.73. The van der Waals surface area contributed by atoms with E-state index in [0.717, 1.165) is 0 Å². The molecule has 0 saturated carbocycles. The van der Waals surface area contributed by atoms with Crippen LogP contribution in [0, 0.1) is 0 Å². The maximum Gasteiger partial charge on any atom is 0.0105 e. The fraction of sp³-hybridized carbons (Fsp3) is 0.310. The van der Waals surface area contributed by atoms with Gasteiger partial charge in [-0.1, -0.05) is 66.3 Å². The van der Waals surface area contributed by atoms with Gasteiger partial charge in [-0.05, 0) is 102 Å². The van der Waals surface area contributed by atoms with E-state index in [9.17, 15) is 0 Å². The van der Waals surface area contributed by atoms with Crippen molar-refractivity contribution >= 4 is 0 Å². The number of hydrogen-bond donors (Lipinski definition) is 0. The van der Waals surface area contributed by atoms with Crippen LogP contribution in [0.5, 0.6) is 0 Å². The molecule has 2 aromatic carbocycles. The van der Waals surface area contributed by atoms with Gasteiger partial charge in [0.05, 0.1) is 0 Å². The van der Waals surface area contributed by atoms with Crippen LogP contribution in [-0.2, 0) is 0 Å². The van der Waals surface area contributed by atoms with Gasteiger partial charge >= 0.3 is 0 Å². The largest absolute Gasteiger partial charge is 0.0626 e. The lowest BCUT2D eigenvalue weighted by molar-refractivity contribution is 0.663. The highest BCUT2D eigenvalue weighted by atomic mass is 14.3. The van der Waals surface area contributed by atoms with Crippen LogP contribution in [0.25, 0.3) is 11.1 Å². The van der Waals surface area contributed by atoms with Crippen LogP contribution in [0.2, 0.25) is 0 Å². The topological polar surface area (TPSA) is 0 Å². The second-order valence-electron chi connectivity index (χ2n) is 9.17. The van der Waals surface area contributed by atoms with E-state index in [1.807, 2.05) is 0 Å². The van der Waals surface area contributed by atoms with Gasteiger partial charge in [-0.2, -0.15) is 0 Å². The van der Waals surface area contributed by atoms with E-state index in [1.54, 1.807) is 27.9 Å². The Labute approximate surface area is 174 Å². The summed E-state index contributed by atoms with van der Waals surface area (Å²) < 4.78 is 0. The van der Waals surface area contributed by atoms with Crippen LogP contribution in [0.1, 0.15) is 68.9 Å². The molecular formula is C29H28. The van der Waals surface area contributed by atoms with Gasteiger partial charge in [0.25, 0.3) is 0 Å². The first-order valence-electron chi connectivity index (χ1n) is 11.3. The summed E-state index contributed by atoms with van der Waals surface area (Å²) in [6.45, 7) is 2.33. The highest BCUT2D eigenvalue weighted by molar-refractivity contribution is 5.78. The molecule has 29 heavy (non-hydrogen) atoms. The van der Waals surface area contributed by atoms with Crippen LogP contribution in [0.15, 0.2) is 94.1 Å². The fourth-order valence-electron chi connectivity index (χ4n) is 6.12. The number of rotatable bonds is 3. The van der Waals surface area contributed by atoms with E-state index in [-0.39, 0.29) is 0 Å². The lowest BCUT2D eigenvalue weighted by atomic mass is 9.79. The first-order valence-corrected chi connectivity index (χ1v) is 11.3. The molecule has 0 saturated heterocycles. The third kappa shape index (κ3) is 2.73. The van der Waals surface area contributed by atoms with Crippen LogP contribution in [0.3, 0.4) is 0 Å². The Hall–Kier alpha value is -2.60. The number of hydrogen-bond acceptors (Lipinski definition) is 0. The zero-order valence-corrected chi connectivity index (χ0v) is 17.3. The molecule has 0 atom stereocenters. The van der Waals surface area contributed by atoms with Gasteiger partial charge in [0.1, 0.15) is 0 Å². The predicted octanol–water partition coefficient (Wildman–Crippen LogP) is 8.04. The van der Waals surface area contributed by atoms with Gasteiger partial charge in [0.15, 0.2) is 0 Å². The molecule has 0 N–H and O–H groups in total. The Kier molecular flexibility index (Phi) is 4.01. The van der Waals surface area contributed by atoms with E-state index < -0.39 is 0 Å². The highest BCUT2D eigenvalue weighted by Gasteiger charge is 2.30. The third-order valence-electron chi connectivity index (χ3n) is 7.53. The van der Waals surface area contributed by atoms with Gasteiger partial charge in [-0.25, -0.2) is 0 Å². The molecule has 0 nitrogen and oxygen atoms in total. The molecule has 6 rings (SSSR count). The maximum atomic E-state index is 2.56. The molecule has 2 aromatic rings. The smallest absolute Gasteiger partial charge is 0.0105 e. The molecule has 0 unspecified atom stereocenters. The zero-order chi connectivity index (χ0) is 19.4. The molecule has 0 aliphatic heterocycles. The standard InChI is InChI=1S/C29H28/c1-19-16-22-17-20-8-2-3-9-21(20)18-29(22)23(19)14-15-28-26-12-6-4-10-24(26)25-11-5-7-13-27(25)28/h4-7,10-13,16,18,28H,2-3,8-9,14-15,17H2,1H3. The van der Waals surface area contributed by atoms with Crippen LogP contribution >= 0.6 is 0 Å². The molecule has 144 valence electrons. The quantitative estimate of drug-likeness (QED) is 0.508. The summed E-state index contributed by atoms with van der Waals surface area (Å²) in [6.07, 6.45) is 14.0. The van der Waals surface area contributed by atoms with Gasteiger partial charge in [-0.3, -0.25) is 0 Å². The summed E-state index contributed by atoms with van der Waals surface area (Å²) in [6, 6.07) is 18.1. The van der Waals surface area contributed by atoms with Crippen molar-refractivity contribution in [1.29, 1.82) is 0 Å². The lowest BCUT2D eigenvalue weighted by Crippen LogP contribution is -2.07. The molecule has 0 radical (unpaired) electrons. The monoisotopic (exact) mass is 376 g/mol. The summed E-state index contributed by atoms with van der Waals surface area (Å²) in [5, 5.41) is 0. The average Bonchev–Trinajstić information content (AvgIpc) is 3.24. The molecule has 0 aromatic heterocycles. The Morgan fingerprint density at radius 1 is 0.828 bits per heavy atom. The molecule has 0 bridgehead atoms. The Balaban J connectivity index is 1.31. The van der Waals surface area contributed by atoms with Crippen LogP contribution < -0.4 is 0 Å². The minimum absolute atomic E-state index is 0.528. The second-order valence-corrected chi connectivity index (χ2v) is 9.17. The Bertz CT molecular complexity index is 1090. The summed E-state index contributed by atoms with van der Waals surface area (Å²) in [4.78, 5) is 0. The van der Waals surface area contributed by atoms with Crippen molar-refractivity contribution in [1.82, 2.24) is 0 Å². The van der Waals surface area contributed by atoms with Crippen LogP contribution in [0.4, 0.5) is 0 Å². The van der Waals surface area contributed by atoms with Crippen LogP contribution in [-0.4, -0.2) is 0 Å². The normalized spacial score (nSPS) is 20.2. The zero-order valence-electron chi connectivity index (χ0n) is 17.3. The minimum atomic E-state index is 0.528. The van der Waals surface area contributed by atoms with Crippen molar-refractivity contribution < 1.29 is 0 Å². The summed E-state index contributed by atoms with van der Waals surface area (Å²) >= 11 is 0. The fourth-order valence-corrected chi connectivity index (χ4v) is 6.12. The number of fused-ring (bicyclic) bond motifs is 4. The predicted molar refractivity (Wildman–Crippen MR) is 122 cm³/mol. The summed E-state index contributed by atoms with van der Waals surface area (Å²) in [7, 11) is 0. The van der Waals surface area contributed by atoms with Gasteiger partial charge in [0.2, 0.25) is 0 Å². The van der Waals surface area contributed by atoms with E-state index in [2.05, 4.69) is 67.6 Å². The molecule has 4 aliphatic rings. The lowest BCUT2D eigenvalue weighted by Gasteiger charge is -2.26. The van der Waals surface area contributed by atoms with Gasteiger partial charge in [0, 0.05) is 5.92 Å². The minimum Gasteiger partial charge on any atom is -0.0626 e. The number of benzene rings is 2. The SMILES string of the molecule is CC1=C(CCC2c3ccccc3-c3ccccc32)C2=CC3=C(CCCC3)CC2=C1. The summed E-state index contributed by atoms with van der Waals surface area (Å²) in [5.41, 5.74) is 15.6. The Morgan fingerprint density at radius 3 is 2.28 bits per heavy atom. The van der Waals surface area contributed by atoms with Crippen molar-refractivity contribution in [2.45, 2.75) is 57.8 Å². The third-order valence-corrected chi connectivity index (χ3v) is 7.53. The first kappa shape index (κ1) is 17.3. The molecular weight excluding hydrogens is 348 g/mol. The summed E-state index contributed by atoms with van der Waals surface area (Å²) in [5.74, 6) is 0.528. The van der Waals surface area contributed by atoms with Gasteiger partial charge < -0.3 is 0 Å². The molecule has 0 heterocycles.